The standard InChI is InChI=1S/C32H35N5O7S/c38-19-21-6-8-22(9-7-21)28-18-27(20-45-32-34-35-36-37(32)25-14-16-26(39)17-15-25)43-31(44-28)23-10-12-24(13-11-23)33-29(40)4-2-1-3-5-30(41)42/h6-17,27-28,31,38-39H,1-5,18-20H2,(H,33,40)(H,41,42). The maximum Gasteiger partial charge on any atom is 0.303 e. The van der Waals surface area contributed by atoms with Gasteiger partial charge in [-0.2, -0.15) is 4.68 Å². The molecule has 1 aliphatic rings. The number of aliphatic hydroxyl groups excluding tert-OH is 1. The van der Waals surface area contributed by atoms with Crippen molar-refractivity contribution in [2.75, 3.05) is 11.1 Å². The molecular weight excluding hydrogens is 598 g/mol. The first kappa shape index (κ1) is 32.1. The summed E-state index contributed by atoms with van der Waals surface area (Å²) in [5, 5.41) is 43.4. The molecule has 2 heterocycles. The molecule has 3 unspecified atom stereocenters. The molecule has 1 fully saturated rings. The largest absolute Gasteiger partial charge is 0.508 e. The molecule has 45 heavy (non-hydrogen) atoms. The van der Waals surface area contributed by atoms with Crippen LogP contribution in [0.5, 0.6) is 5.75 Å². The second kappa shape index (κ2) is 15.6. The van der Waals surface area contributed by atoms with E-state index < -0.39 is 12.3 Å². The minimum Gasteiger partial charge on any atom is -0.508 e. The molecule has 0 spiro atoms. The third-order valence-corrected chi connectivity index (χ3v) is 8.36. The van der Waals surface area contributed by atoms with Crippen LogP contribution in [-0.4, -0.2) is 59.3 Å². The summed E-state index contributed by atoms with van der Waals surface area (Å²) >= 11 is 1.45. The number of aromatic nitrogens is 4. The molecule has 1 aliphatic heterocycles. The molecule has 1 saturated heterocycles. The fraction of sp³-hybridized carbons (Fsp3) is 0.344. The monoisotopic (exact) mass is 633 g/mol. The number of amides is 1. The number of aliphatic carboxylic acids is 1. The number of anilines is 1. The predicted octanol–water partition coefficient (Wildman–Crippen LogP) is 5.17. The number of carboxylic acids is 1. The molecule has 1 aromatic heterocycles. The molecule has 3 atom stereocenters. The highest BCUT2D eigenvalue weighted by atomic mass is 32.2. The lowest BCUT2D eigenvalue weighted by molar-refractivity contribution is -0.245. The predicted molar refractivity (Wildman–Crippen MR) is 166 cm³/mol. The van der Waals surface area contributed by atoms with Crippen LogP contribution in [0.1, 0.15) is 67.6 Å². The number of hydrogen-bond donors (Lipinski definition) is 4. The fourth-order valence-corrected chi connectivity index (χ4v) is 5.81. The van der Waals surface area contributed by atoms with Crippen molar-refractivity contribution in [2.45, 2.75) is 68.8 Å². The summed E-state index contributed by atoms with van der Waals surface area (Å²) in [6.45, 7) is -0.0415. The first-order chi connectivity index (χ1) is 21.9. The number of thioether (sulfide) groups is 1. The maximum atomic E-state index is 12.4. The summed E-state index contributed by atoms with van der Waals surface area (Å²) in [5.74, 6) is -0.249. The van der Waals surface area contributed by atoms with Crippen LogP contribution in [0.25, 0.3) is 5.69 Å². The average Bonchev–Trinajstić information content (AvgIpc) is 3.53. The zero-order valence-electron chi connectivity index (χ0n) is 24.5. The SMILES string of the molecule is O=C(O)CCCCCC(=O)Nc1ccc(C2OC(CSc3nnnn3-c3ccc(O)cc3)CC(c3ccc(CO)cc3)O2)cc1. The lowest BCUT2D eigenvalue weighted by Gasteiger charge is -2.36. The van der Waals surface area contributed by atoms with Crippen molar-refractivity contribution in [3.63, 3.8) is 0 Å². The number of tetrazole rings is 1. The van der Waals surface area contributed by atoms with E-state index in [1.807, 2.05) is 36.4 Å². The third kappa shape index (κ3) is 9.11. The highest BCUT2D eigenvalue weighted by Crippen LogP contribution is 2.39. The number of unbranched alkanes of at least 4 members (excludes halogenated alkanes) is 2. The van der Waals surface area contributed by atoms with Crippen LogP contribution in [0.15, 0.2) is 78.0 Å². The van der Waals surface area contributed by atoms with Crippen molar-refractivity contribution in [3.8, 4) is 11.4 Å². The van der Waals surface area contributed by atoms with E-state index in [0.717, 1.165) is 22.4 Å². The number of nitrogens with zero attached hydrogens (tertiary/aromatic N) is 4. The summed E-state index contributed by atoms with van der Waals surface area (Å²) in [6.07, 6.45) is 1.73. The van der Waals surface area contributed by atoms with E-state index in [1.165, 1.54) is 11.8 Å². The Balaban J connectivity index is 1.24. The minimum absolute atomic E-state index is 0.0415. The number of carboxylic acid groups (broad SMARTS) is 1. The van der Waals surface area contributed by atoms with Gasteiger partial charge in [-0.15, -0.1) is 5.10 Å². The van der Waals surface area contributed by atoms with Gasteiger partial charge in [-0.3, -0.25) is 9.59 Å². The molecule has 12 nitrogen and oxygen atoms in total. The van der Waals surface area contributed by atoms with Gasteiger partial charge in [0.15, 0.2) is 6.29 Å². The number of carbonyl (C=O) groups is 2. The smallest absolute Gasteiger partial charge is 0.303 e. The van der Waals surface area contributed by atoms with Crippen LogP contribution in [0.2, 0.25) is 0 Å². The molecule has 0 radical (unpaired) electrons. The molecule has 236 valence electrons. The van der Waals surface area contributed by atoms with Crippen LogP contribution >= 0.6 is 11.8 Å². The second-order valence-corrected chi connectivity index (χ2v) is 11.7. The average molecular weight is 634 g/mol. The van der Waals surface area contributed by atoms with Crippen molar-refractivity contribution in [3.05, 3.63) is 89.5 Å². The molecule has 3 aromatic carbocycles. The number of phenolic OH excluding ortho intramolecular Hbond substituents is 1. The number of aliphatic hydroxyl groups is 1. The van der Waals surface area contributed by atoms with Crippen LogP contribution in [0.4, 0.5) is 5.69 Å². The Morgan fingerprint density at radius 1 is 0.911 bits per heavy atom. The number of carbonyl (C=O) groups excluding carboxylic acids is 1. The summed E-state index contributed by atoms with van der Waals surface area (Å²) in [5.41, 5.74) is 3.94. The lowest BCUT2D eigenvalue weighted by atomic mass is 10.0. The Kier molecular flexibility index (Phi) is 11.1. The summed E-state index contributed by atoms with van der Waals surface area (Å²) < 4.78 is 14.5. The highest BCUT2D eigenvalue weighted by Gasteiger charge is 2.32. The van der Waals surface area contributed by atoms with Crippen LogP contribution in [0.3, 0.4) is 0 Å². The Morgan fingerprint density at radius 3 is 2.33 bits per heavy atom. The van der Waals surface area contributed by atoms with Crippen LogP contribution in [-0.2, 0) is 25.7 Å². The molecule has 1 amide bonds. The lowest BCUT2D eigenvalue weighted by Crippen LogP contribution is -2.31. The number of nitrogens with one attached hydrogen (secondary N) is 1. The van der Waals surface area contributed by atoms with Gasteiger partial charge < -0.3 is 30.1 Å². The summed E-state index contributed by atoms with van der Waals surface area (Å²) in [4.78, 5) is 23.0. The Bertz CT molecular complexity index is 1550. The Hall–Kier alpha value is -4.30. The van der Waals surface area contributed by atoms with E-state index in [2.05, 4.69) is 20.8 Å². The third-order valence-electron chi connectivity index (χ3n) is 7.31. The molecule has 5 rings (SSSR count). The van der Waals surface area contributed by atoms with Gasteiger partial charge in [0.05, 0.1) is 24.5 Å². The van der Waals surface area contributed by atoms with Gasteiger partial charge in [-0.05, 0) is 70.8 Å². The van der Waals surface area contributed by atoms with E-state index in [-0.39, 0.29) is 36.9 Å². The molecular formula is C32H35N5O7S. The van der Waals surface area contributed by atoms with Gasteiger partial charge in [0.1, 0.15) is 5.75 Å². The number of rotatable bonds is 14. The van der Waals surface area contributed by atoms with Crippen molar-refractivity contribution in [1.82, 2.24) is 20.2 Å². The van der Waals surface area contributed by atoms with Crippen LogP contribution in [0, 0.1) is 0 Å². The van der Waals surface area contributed by atoms with Crippen molar-refractivity contribution in [1.29, 1.82) is 0 Å². The van der Waals surface area contributed by atoms with Crippen molar-refractivity contribution < 1.29 is 34.4 Å². The van der Waals surface area contributed by atoms with Gasteiger partial charge in [0.25, 0.3) is 0 Å². The van der Waals surface area contributed by atoms with Gasteiger partial charge >= 0.3 is 5.97 Å². The number of hydrogen-bond acceptors (Lipinski definition) is 10. The van der Waals surface area contributed by atoms with E-state index >= 15 is 0 Å². The van der Waals surface area contributed by atoms with Crippen molar-refractivity contribution in [2.24, 2.45) is 0 Å². The number of phenols is 1. The summed E-state index contributed by atoms with van der Waals surface area (Å²) in [7, 11) is 0. The first-order valence-corrected chi connectivity index (χ1v) is 15.7. The Labute approximate surface area is 264 Å². The van der Waals surface area contributed by atoms with E-state index in [1.54, 1.807) is 41.1 Å². The maximum absolute atomic E-state index is 12.4. The second-order valence-electron chi connectivity index (χ2n) is 10.7. The molecule has 0 bridgehead atoms. The number of aromatic hydroxyl groups is 1. The van der Waals surface area contributed by atoms with Gasteiger partial charge in [-0.1, -0.05) is 54.6 Å². The quantitative estimate of drug-likeness (QED) is 0.107. The fourth-order valence-electron chi connectivity index (χ4n) is 4.90. The van der Waals surface area contributed by atoms with Crippen LogP contribution < -0.4 is 5.32 Å². The normalized spacial score (nSPS) is 18.0. The minimum atomic E-state index is -0.825. The van der Waals surface area contributed by atoms with E-state index in [4.69, 9.17) is 14.6 Å². The Morgan fingerprint density at radius 2 is 1.62 bits per heavy atom. The zero-order chi connectivity index (χ0) is 31.6. The number of ether oxygens (including phenoxy) is 2. The summed E-state index contributed by atoms with van der Waals surface area (Å²) in [6, 6.07) is 21.6. The van der Waals surface area contributed by atoms with Gasteiger partial charge in [0.2, 0.25) is 11.1 Å². The van der Waals surface area contributed by atoms with E-state index in [0.29, 0.717) is 48.7 Å². The highest BCUT2D eigenvalue weighted by molar-refractivity contribution is 7.99. The van der Waals surface area contributed by atoms with E-state index in [9.17, 15) is 19.8 Å². The molecule has 4 N–H and O–H groups in total. The topological polar surface area (TPSA) is 169 Å². The van der Waals surface area contributed by atoms with Crippen molar-refractivity contribution >= 4 is 29.3 Å². The zero-order valence-corrected chi connectivity index (χ0v) is 25.3. The molecule has 13 heteroatoms. The van der Waals surface area contributed by atoms with Gasteiger partial charge in [0, 0.05) is 36.3 Å². The molecule has 4 aromatic rings. The first-order valence-electron chi connectivity index (χ1n) is 14.7. The molecule has 0 saturated carbocycles. The van der Waals surface area contributed by atoms with Gasteiger partial charge in [-0.25, -0.2) is 0 Å². The molecule has 0 aliphatic carbocycles. The number of benzene rings is 3.